The molecular formula is C17H19F3NO5S+. The number of alkyl halides is 3. The first-order valence-corrected chi connectivity index (χ1v) is 9.63. The molecule has 0 bridgehead atoms. The zero-order chi connectivity index (χ0) is 20.1. The van der Waals surface area contributed by atoms with Crippen molar-refractivity contribution >= 4 is 27.6 Å². The molecule has 10 heteroatoms. The Kier molecular flexibility index (Phi) is 6.63. The van der Waals surface area contributed by atoms with Gasteiger partial charge in [-0.3, -0.25) is 0 Å². The van der Waals surface area contributed by atoms with E-state index in [4.69, 9.17) is 4.74 Å². The summed E-state index contributed by atoms with van der Waals surface area (Å²) in [7, 11) is -5.90. The van der Waals surface area contributed by atoms with Crippen LogP contribution in [0.5, 0.6) is 0 Å². The molecule has 1 heterocycles. The fourth-order valence-corrected chi connectivity index (χ4v) is 2.97. The van der Waals surface area contributed by atoms with Crippen molar-refractivity contribution < 1.29 is 39.9 Å². The molecule has 148 valence electrons. The van der Waals surface area contributed by atoms with Crippen LogP contribution in [-0.2, 0) is 23.8 Å². The van der Waals surface area contributed by atoms with E-state index in [2.05, 4.69) is 4.18 Å². The van der Waals surface area contributed by atoms with Gasteiger partial charge >= 0.3 is 21.6 Å². The summed E-state index contributed by atoms with van der Waals surface area (Å²) in [6, 6.07) is 7.38. The summed E-state index contributed by atoms with van der Waals surface area (Å²) in [5, 5.41) is 0. The predicted octanol–water partition coefficient (Wildman–Crippen LogP) is 2.70. The molecule has 1 aliphatic rings. The van der Waals surface area contributed by atoms with Gasteiger partial charge in [0.05, 0.1) is 12.7 Å². The Hall–Kier alpha value is -2.36. The third-order valence-corrected chi connectivity index (χ3v) is 4.71. The lowest BCUT2D eigenvalue weighted by molar-refractivity contribution is -0.504. The van der Waals surface area contributed by atoms with Crippen molar-refractivity contribution in [3.63, 3.8) is 0 Å². The molecule has 2 rings (SSSR count). The molecule has 0 saturated carbocycles. The van der Waals surface area contributed by atoms with Gasteiger partial charge in [0.25, 0.3) is 5.71 Å². The minimum absolute atomic E-state index is 0.0504. The SMILES string of the molecule is CCOC(=O)C(/C=C(\OS(=O)(=O)C(F)(F)F)c1ccccc1)=[N+]1CCCC1. The highest BCUT2D eigenvalue weighted by Crippen LogP contribution is 2.30. The maximum Gasteiger partial charge on any atom is 0.534 e. The molecule has 0 amide bonds. The van der Waals surface area contributed by atoms with Crippen molar-refractivity contribution in [1.82, 2.24) is 0 Å². The monoisotopic (exact) mass is 406 g/mol. The van der Waals surface area contributed by atoms with Gasteiger partial charge < -0.3 is 8.92 Å². The summed E-state index contributed by atoms with van der Waals surface area (Å²) in [5.41, 5.74) is -5.57. The molecule has 1 aromatic rings. The molecule has 27 heavy (non-hydrogen) atoms. The number of nitrogens with zero attached hydrogens (tertiary/aromatic N) is 1. The first-order valence-electron chi connectivity index (χ1n) is 8.22. The average molecular weight is 406 g/mol. The first kappa shape index (κ1) is 20.9. The minimum Gasteiger partial charge on any atom is -0.458 e. The maximum absolute atomic E-state index is 12.8. The normalized spacial score (nSPS) is 15.6. The Balaban J connectivity index is 2.57. The summed E-state index contributed by atoms with van der Waals surface area (Å²) in [6.07, 6.45) is 2.57. The Labute approximate surface area is 155 Å². The number of esters is 1. The van der Waals surface area contributed by atoms with Crippen molar-refractivity contribution in [3.8, 4) is 0 Å². The fraction of sp³-hybridized carbons (Fsp3) is 0.412. The van der Waals surface area contributed by atoms with Gasteiger partial charge in [-0.15, -0.1) is 0 Å². The largest absolute Gasteiger partial charge is 0.534 e. The van der Waals surface area contributed by atoms with Crippen LogP contribution in [0.25, 0.3) is 5.76 Å². The smallest absolute Gasteiger partial charge is 0.458 e. The summed E-state index contributed by atoms with van der Waals surface area (Å²) in [5.74, 6) is -1.37. The molecule has 0 atom stereocenters. The van der Waals surface area contributed by atoms with E-state index in [1.165, 1.54) is 24.3 Å². The van der Waals surface area contributed by atoms with E-state index >= 15 is 0 Å². The van der Waals surface area contributed by atoms with Gasteiger partial charge in [0.1, 0.15) is 13.1 Å². The van der Waals surface area contributed by atoms with E-state index in [1.54, 1.807) is 17.6 Å². The number of hydrogen-bond donors (Lipinski definition) is 0. The van der Waals surface area contributed by atoms with Gasteiger partial charge in [-0.1, -0.05) is 30.3 Å². The zero-order valence-corrected chi connectivity index (χ0v) is 15.3. The van der Waals surface area contributed by atoms with Crippen LogP contribution >= 0.6 is 0 Å². The molecular weight excluding hydrogens is 387 g/mol. The maximum atomic E-state index is 12.8. The second-order valence-corrected chi connectivity index (χ2v) is 7.20. The van der Waals surface area contributed by atoms with Gasteiger partial charge in [-0.05, 0) is 6.92 Å². The number of benzene rings is 1. The molecule has 0 aromatic heterocycles. The van der Waals surface area contributed by atoms with Crippen LogP contribution in [-0.4, -0.2) is 49.9 Å². The van der Waals surface area contributed by atoms with Crippen LogP contribution in [0.15, 0.2) is 36.4 Å². The Morgan fingerprint density at radius 2 is 1.78 bits per heavy atom. The number of ether oxygens (including phenoxy) is 1. The summed E-state index contributed by atoms with van der Waals surface area (Å²) >= 11 is 0. The molecule has 1 fully saturated rings. The van der Waals surface area contributed by atoms with E-state index in [0.717, 1.165) is 18.9 Å². The van der Waals surface area contributed by atoms with E-state index < -0.39 is 27.4 Å². The summed E-state index contributed by atoms with van der Waals surface area (Å²) < 4.78 is 72.3. The average Bonchev–Trinajstić information content (AvgIpc) is 3.12. The third kappa shape index (κ3) is 5.31. The minimum atomic E-state index is -5.90. The number of halogens is 3. The topological polar surface area (TPSA) is 72.7 Å². The van der Waals surface area contributed by atoms with Crippen molar-refractivity contribution in [2.24, 2.45) is 0 Å². The highest BCUT2D eigenvalue weighted by Gasteiger charge is 2.49. The van der Waals surface area contributed by atoms with Crippen molar-refractivity contribution in [1.29, 1.82) is 0 Å². The van der Waals surface area contributed by atoms with Crippen molar-refractivity contribution in [2.75, 3.05) is 19.7 Å². The molecule has 0 radical (unpaired) electrons. The van der Waals surface area contributed by atoms with E-state index in [-0.39, 0.29) is 17.9 Å². The zero-order valence-electron chi connectivity index (χ0n) is 14.5. The van der Waals surface area contributed by atoms with Crippen molar-refractivity contribution in [3.05, 3.63) is 42.0 Å². The van der Waals surface area contributed by atoms with Gasteiger partial charge in [-0.25, -0.2) is 9.37 Å². The van der Waals surface area contributed by atoms with Crippen LogP contribution in [0.1, 0.15) is 25.3 Å². The molecule has 0 N–H and O–H groups in total. The van der Waals surface area contributed by atoms with Gasteiger partial charge in [0.2, 0.25) is 0 Å². The second-order valence-electron chi connectivity index (χ2n) is 5.66. The van der Waals surface area contributed by atoms with Gasteiger partial charge in [0.15, 0.2) is 5.76 Å². The third-order valence-electron chi connectivity index (χ3n) is 3.74. The first-order chi connectivity index (χ1) is 12.7. The van der Waals surface area contributed by atoms with Crippen LogP contribution in [0, 0.1) is 0 Å². The molecule has 1 aromatic carbocycles. The predicted molar refractivity (Wildman–Crippen MR) is 91.3 cm³/mol. The van der Waals surface area contributed by atoms with Crippen LogP contribution in [0.4, 0.5) is 13.2 Å². The molecule has 6 nitrogen and oxygen atoms in total. The lowest BCUT2D eigenvalue weighted by Crippen LogP contribution is -2.28. The van der Waals surface area contributed by atoms with E-state index in [1.807, 2.05) is 0 Å². The van der Waals surface area contributed by atoms with Gasteiger partial charge in [-0.2, -0.15) is 21.6 Å². The van der Waals surface area contributed by atoms with E-state index in [0.29, 0.717) is 13.1 Å². The standard InChI is InChI=1S/C17H19F3NO5S/c1-2-25-16(22)14(21-10-6-7-11-21)12-15(13-8-4-3-5-9-13)26-27(23,24)17(18,19)20/h3-5,8-9,12H,2,6-7,10-11H2,1H3/q+1/b15-12-. The van der Waals surface area contributed by atoms with Crippen molar-refractivity contribution in [2.45, 2.75) is 25.3 Å². The molecule has 0 spiro atoms. The number of carbonyl (C=O) groups excluding carboxylic acids is 1. The lowest BCUT2D eigenvalue weighted by atomic mass is 10.1. The highest BCUT2D eigenvalue weighted by molar-refractivity contribution is 7.87. The summed E-state index contributed by atoms with van der Waals surface area (Å²) in [6.45, 7) is 2.65. The molecule has 0 aliphatic carbocycles. The Morgan fingerprint density at radius 1 is 1.19 bits per heavy atom. The molecule has 0 unspecified atom stereocenters. The van der Waals surface area contributed by atoms with E-state index in [9.17, 15) is 26.4 Å². The Bertz CT molecular complexity index is 837. The quantitative estimate of drug-likeness (QED) is 0.239. The second kappa shape index (κ2) is 8.55. The van der Waals surface area contributed by atoms with Crippen LogP contribution in [0.3, 0.4) is 0 Å². The lowest BCUT2D eigenvalue weighted by Gasteiger charge is -2.13. The number of hydrogen-bond acceptors (Lipinski definition) is 5. The molecule has 1 saturated heterocycles. The number of rotatable bonds is 6. The van der Waals surface area contributed by atoms with Gasteiger partial charge in [0, 0.05) is 18.4 Å². The number of carbonyl (C=O) groups is 1. The fourth-order valence-electron chi connectivity index (χ4n) is 2.49. The Morgan fingerprint density at radius 3 is 2.30 bits per heavy atom. The van der Waals surface area contributed by atoms with Crippen LogP contribution < -0.4 is 0 Å². The molecule has 1 aliphatic heterocycles. The summed E-state index contributed by atoms with van der Waals surface area (Å²) in [4.78, 5) is 12.3. The highest BCUT2D eigenvalue weighted by atomic mass is 32.2. The van der Waals surface area contributed by atoms with Crippen LogP contribution in [0.2, 0.25) is 0 Å².